The minimum absolute atomic E-state index is 0.204. The van der Waals surface area contributed by atoms with Gasteiger partial charge < -0.3 is 10.1 Å². The number of hydrogen-bond donors (Lipinski definition) is 1. The summed E-state index contributed by atoms with van der Waals surface area (Å²) in [4.78, 5) is 21.2. The summed E-state index contributed by atoms with van der Waals surface area (Å²) in [6, 6.07) is 2.10. The molecule has 10 heteroatoms. The first-order valence-electron chi connectivity index (χ1n) is 9.20. The Morgan fingerprint density at radius 3 is 2.70 bits per heavy atom. The summed E-state index contributed by atoms with van der Waals surface area (Å²) >= 11 is 1.10. The van der Waals surface area contributed by atoms with E-state index in [-0.39, 0.29) is 12.3 Å². The third kappa shape index (κ3) is 3.47. The number of amides is 1. The fourth-order valence-electron chi connectivity index (χ4n) is 3.50. The van der Waals surface area contributed by atoms with Crippen LogP contribution >= 0.6 is 11.3 Å². The molecule has 0 unspecified atom stereocenters. The number of rotatable bonds is 5. The molecule has 30 heavy (non-hydrogen) atoms. The van der Waals surface area contributed by atoms with Crippen molar-refractivity contribution in [2.24, 2.45) is 7.05 Å². The number of benzene rings is 1. The largest absolute Gasteiger partial charge is 0.479 e. The molecule has 0 aliphatic carbocycles. The van der Waals surface area contributed by atoms with Gasteiger partial charge in [-0.15, -0.1) is 5.10 Å². The van der Waals surface area contributed by atoms with Gasteiger partial charge in [0.05, 0.1) is 22.7 Å². The summed E-state index contributed by atoms with van der Waals surface area (Å²) < 4.78 is 34.2. The van der Waals surface area contributed by atoms with Crippen molar-refractivity contribution in [3.63, 3.8) is 0 Å². The number of halogens is 2. The maximum atomic E-state index is 13.4. The highest BCUT2D eigenvalue weighted by Gasteiger charge is 2.19. The Kier molecular flexibility index (Phi) is 5.10. The van der Waals surface area contributed by atoms with Crippen molar-refractivity contribution in [3.05, 3.63) is 40.6 Å². The van der Waals surface area contributed by atoms with Gasteiger partial charge in [0.15, 0.2) is 22.4 Å². The van der Waals surface area contributed by atoms with Gasteiger partial charge in [-0.3, -0.25) is 4.79 Å². The monoisotopic (exact) mass is 431 g/mol. The summed E-state index contributed by atoms with van der Waals surface area (Å²) in [5, 5.41) is 8.16. The number of hydrogen-bond acceptors (Lipinski definition) is 6. The van der Waals surface area contributed by atoms with E-state index in [0.29, 0.717) is 27.6 Å². The minimum atomic E-state index is -0.967. The number of nitrogens with zero attached hydrogens (tertiary/aromatic N) is 4. The van der Waals surface area contributed by atoms with Gasteiger partial charge in [-0.05, 0) is 37.5 Å². The molecule has 0 atom stereocenters. The van der Waals surface area contributed by atoms with Crippen LogP contribution in [-0.4, -0.2) is 32.8 Å². The van der Waals surface area contributed by atoms with Crippen LogP contribution in [0.2, 0.25) is 0 Å². The topological polar surface area (TPSA) is 81.9 Å². The molecule has 3 heterocycles. The number of methoxy groups -OCH3 is 1. The Balaban J connectivity index is 1.53. The van der Waals surface area contributed by atoms with E-state index in [4.69, 9.17) is 4.74 Å². The lowest BCUT2D eigenvalue weighted by Crippen LogP contribution is -2.13. The van der Waals surface area contributed by atoms with Gasteiger partial charge in [0, 0.05) is 25.2 Å². The Hall–Kier alpha value is -3.14. The van der Waals surface area contributed by atoms with Gasteiger partial charge in [0.1, 0.15) is 0 Å². The second kappa shape index (κ2) is 7.60. The molecule has 4 rings (SSSR count). The van der Waals surface area contributed by atoms with Crippen molar-refractivity contribution >= 4 is 43.6 Å². The molecule has 0 fully saturated rings. The number of ether oxygens (including phenoxy) is 1. The first kappa shape index (κ1) is 20.1. The van der Waals surface area contributed by atoms with E-state index in [9.17, 15) is 13.6 Å². The van der Waals surface area contributed by atoms with Crippen LogP contribution in [0.1, 0.15) is 23.2 Å². The maximum absolute atomic E-state index is 13.4. The number of carbonyl (C=O) groups is 1. The fourth-order valence-corrected chi connectivity index (χ4v) is 4.39. The number of fused-ring (bicyclic) bond motifs is 2. The van der Waals surface area contributed by atoms with E-state index in [1.807, 2.05) is 13.8 Å². The summed E-state index contributed by atoms with van der Waals surface area (Å²) in [6.07, 6.45) is 0.675. The van der Waals surface area contributed by atoms with Crippen LogP contribution in [0.4, 0.5) is 13.9 Å². The zero-order valence-electron chi connectivity index (χ0n) is 16.8. The molecule has 0 saturated heterocycles. The Bertz CT molecular complexity index is 1260. The second-order valence-electron chi connectivity index (χ2n) is 6.93. The number of nitrogens with one attached hydrogen (secondary N) is 1. The van der Waals surface area contributed by atoms with Gasteiger partial charge in [-0.2, -0.15) is 0 Å². The third-order valence-electron chi connectivity index (χ3n) is 5.00. The smallest absolute Gasteiger partial charge is 0.242 e. The molecule has 156 valence electrons. The van der Waals surface area contributed by atoms with Crippen LogP contribution in [0.3, 0.4) is 0 Å². The Morgan fingerprint density at radius 1 is 1.23 bits per heavy atom. The lowest BCUT2D eigenvalue weighted by Gasteiger charge is -2.11. The number of pyridine rings is 1. The van der Waals surface area contributed by atoms with Crippen molar-refractivity contribution in [2.45, 2.75) is 26.7 Å². The molecular formula is C20H19F2N5O2S. The van der Waals surface area contributed by atoms with E-state index in [1.165, 1.54) is 0 Å². The van der Waals surface area contributed by atoms with Crippen molar-refractivity contribution in [3.8, 4) is 5.88 Å². The zero-order valence-corrected chi connectivity index (χ0v) is 17.7. The van der Waals surface area contributed by atoms with Crippen LogP contribution in [0.5, 0.6) is 5.88 Å². The molecule has 3 aromatic heterocycles. The standard InChI is InChI=1S/C20H19F2N5O2S/c1-9-11(10(2)23-18-17(9)19(29-4)26-27(18)3)5-6-16(28)25-20-24-14-7-12(21)13(22)8-15(14)30-20/h7-8H,5-6H2,1-4H3,(H,24,25,28). The van der Waals surface area contributed by atoms with E-state index in [0.717, 1.165) is 51.3 Å². The first-order valence-corrected chi connectivity index (χ1v) is 10.0. The molecule has 0 saturated carbocycles. The highest BCUT2D eigenvalue weighted by Crippen LogP contribution is 2.31. The highest BCUT2D eigenvalue weighted by molar-refractivity contribution is 7.22. The number of aryl methyl sites for hydroxylation is 3. The van der Waals surface area contributed by atoms with Gasteiger partial charge in [0.2, 0.25) is 11.8 Å². The average Bonchev–Trinajstić information content (AvgIpc) is 3.21. The van der Waals surface area contributed by atoms with Gasteiger partial charge in [-0.1, -0.05) is 11.3 Å². The summed E-state index contributed by atoms with van der Waals surface area (Å²) in [7, 11) is 3.36. The minimum Gasteiger partial charge on any atom is -0.479 e. The van der Waals surface area contributed by atoms with Gasteiger partial charge in [0.25, 0.3) is 0 Å². The summed E-state index contributed by atoms with van der Waals surface area (Å²) in [5.74, 6) is -1.65. The van der Waals surface area contributed by atoms with E-state index < -0.39 is 11.6 Å². The van der Waals surface area contributed by atoms with Crippen LogP contribution in [0.25, 0.3) is 21.3 Å². The van der Waals surface area contributed by atoms with Crippen molar-refractivity contribution in [2.75, 3.05) is 12.4 Å². The summed E-state index contributed by atoms with van der Waals surface area (Å²) in [6.45, 7) is 3.86. The Labute approximate surface area is 174 Å². The highest BCUT2D eigenvalue weighted by atomic mass is 32.1. The lowest BCUT2D eigenvalue weighted by atomic mass is 10.00. The van der Waals surface area contributed by atoms with Crippen LogP contribution in [-0.2, 0) is 18.3 Å². The van der Waals surface area contributed by atoms with Gasteiger partial charge >= 0.3 is 0 Å². The quantitative estimate of drug-likeness (QED) is 0.516. The average molecular weight is 431 g/mol. The zero-order chi connectivity index (χ0) is 21.6. The molecule has 0 bridgehead atoms. The number of anilines is 1. The number of thiazole rings is 1. The molecule has 0 aliphatic rings. The molecule has 1 amide bonds. The van der Waals surface area contributed by atoms with E-state index in [2.05, 4.69) is 20.4 Å². The predicted molar refractivity (Wildman–Crippen MR) is 111 cm³/mol. The molecule has 4 aromatic rings. The fraction of sp³-hybridized carbons (Fsp3) is 0.300. The van der Waals surface area contributed by atoms with Crippen LogP contribution in [0.15, 0.2) is 12.1 Å². The summed E-state index contributed by atoms with van der Waals surface area (Å²) in [5.41, 5.74) is 3.78. The molecular weight excluding hydrogens is 412 g/mol. The molecule has 1 N–H and O–H groups in total. The van der Waals surface area contributed by atoms with Crippen LogP contribution in [0, 0.1) is 25.5 Å². The van der Waals surface area contributed by atoms with E-state index >= 15 is 0 Å². The molecule has 1 aromatic carbocycles. The SMILES string of the molecule is COc1nn(C)c2nc(C)c(CCC(=O)Nc3nc4cc(F)c(F)cc4s3)c(C)c12. The van der Waals surface area contributed by atoms with Gasteiger partial charge in [-0.25, -0.2) is 23.4 Å². The number of aromatic nitrogens is 4. The second-order valence-corrected chi connectivity index (χ2v) is 7.96. The maximum Gasteiger partial charge on any atom is 0.242 e. The van der Waals surface area contributed by atoms with Crippen LogP contribution < -0.4 is 10.1 Å². The normalized spacial score (nSPS) is 11.4. The van der Waals surface area contributed by atoms with Crippen molar-refractivity contribution in [1.29, 1.82) is 0 Å². The molecule has 0 spiro atoms. The van der Waals surface area contributed by atoms with Crippen molar-refractivity contribution in [1.82, 2.24) is 19.7 Å². The molecule has 7 nitrogen and oxygen atoms in total. The Morgan fingerprint density at radius 2 is 1.97 bits per heavy atom. The predicted octanol–water partition coefficient (Wildman–Crippen LogP) is 4.05. The van der Waals surface area contributed by atoms with Crippen molar-refractivity contribution < 1.29 is 18.3 Å². The first-order chi connectivity index (χ1) is 14.3. The lowest BCUT2D eigenvalue weighted by molar-refractivity contribution is -0.116. The molecule has 0 radical (unpaired) electrons. The third-order valence-corrected chi connectivity index (χ3v) is 5.93. The van der Waals surface area contributed by atoms with E-state index in [1.54, 1.807) is 18.8 Å². The molecule has 0 aliphatic heterocycles. The number of carbonyl (C=O) groups excluding carboxylic acids is 1.